The van der Waals surface area contributed by atoms with Crippen LogP contribution in [0.4, 0.5) is 11.5 Å². The zero-order valence-electron chi connectivity index (χ0n) is 20.5. The summed E-state index contributed by atoms with van der Waals surface area (Å²) in [4.78, 5) is 31.8. The number of pyridine rings is 2. The average molecular weight is 543 g/mol. The summed E-state index contributed by atoms with van der Waals surface area (Å²) >= 11 is 0. The molecule has 2 aromatic heterocycles. The zero-order chi connectivity index (χ0) is 27.6. The van der Waals surface area contributed by atoms with Crippen molar-refractivity contribution < 1.29 is 18.3 Å². The number of aliphatic imine (C=N–C) groups is 1. The van der Waals surface area contributed by atoms with E-state index in [2.05, 4.69) is 14.7 Å². The van der Waals surface area contributed by atoms with Crippen molar-refractivity contribution in [1.29, 1.82) is 0 Å². The highest BCUT2D eigenvalue weighted by Crippen LogP contribution is 2.29. The van der Waals surface area contributed by atoms with Crippen LogP contribution < -0.4 is 20.6 Å². The zero-order valence-corrected chi connectivity index (χ0v) is 21.3. The molecule has 0 aliphatic rings. The molecule has 11 heteroatoms. The van der Waals surface area contributed by atoms with Crippen LogP contribution in [0, 0.1) is 0 Å². The van der Waals surface area contributed by atoms with Crippen molar-refractivity contribution in [3.8, 4) is 17.3 Å². The molecule has 39 heavy (non-hydrogen) atoms. The number of hydrogen-bond donors (Lipinski definition) is 3. The van der Waals surface area contributed by atoms with E-state index in [1.165, 1.54) is 49.7 Å². The first-order valence-electron chi connectivity index (χ1n) is 11.6. The minimum atomic E-state index is -4.09. The molecule has 0 aliphatic carbocycles. The van der Waals surface area contributed by atoms with Crippen LogP contribution in [0.15, 0.2) is 110 Å². The molecule has 0 bridgehead atoms. The van der Waals surface area contributed by atoms with Crippen molar-refractivity contribution in [2.24, 2.45) is 4.99 Å². The Morgan fingerprint density at radius 1 is 0.923 bits per heavy atom. The van der Waals surface area contributed by atoms with E-state index in [1.54, 1.807) is 54.6 Å². The quantitative estimate of drug-likeness (QED) is 0.266. The van der Waals surface area contributed by atoms with Gasteiger partial charge in [-0.3, -0.25) is 14.3 Å². The van der Waals surface area contributed by atoms with Crippen LogP contribution in [0.25, 0.3) is 16.5 Å². The molecule has 0 amide bonds. The summed E-state index contributed by atoms with van der Waals surface area (Å²) < 4.78 is 35.2. The van der Waals surface area contributed by atoms with Gasteiger partial charge in [0, 0.05) is 23.1 Å². The highest BCUT2D eigenvalue weighted by molar-refractivity contribution is 7.92. The first-order chi connectivity index (χ1) is 18.8. The highest BCUT2D eigenvalue weighted by atomic mass is 32.2. The molecular formula is C28H22N4O6S. The Balaban J connectivity index is 1.64. The molecule has 0 unspecified atom stereocenters. The molecule has 2 heterocycles. The lowest BCUT2D eigenvalue weighted by atomic mass is 10.1. The van der Waals surface area contributed by atoms with Crippen molar-refractivity contribution in [2.45, 2.75) is 4.90 Å². The Morgan fingerprint density at radius 2 is 1.64 bits per heavy atom. The molecule has 5 aromatic rings. The van der Waals surface area contributed by atoms with Gasteiger partial charge in [0.1, 0.15) is 11.6 Å². The van der Waals surface area contributed by atoms with Crippen LogP contribution in [0.1, 0.15) is 5.56 Å². The van der Waals surface area contributed by atoms with Gasteiger partial charge in [0.15, 0.2) is 0 Å². The molecular weight excluding hydrogens is 520 g/mol. The van der Waals surface area contributed by atoms with Crippen LogP contribution in [-0.4, -0.2) is 36.4 Å². The number of H-pyrrole nitrogens is 1. The number of ether oxygens (including phenoxy) is 1. The maximum absolute atomic E-state index is 13.5. The summed E-state index contributed by atoms with van der Waals surface area (Å²) in [5.74, 6) is 0.136. The number of aromatic amines is 1. The third kappa shape index (κ3) is 5.03. The lowest BCUT2D eigenvalue weighted by Gasteiger charge is -2.15. The number of aromatic hydroxyl groups is 1. The fourth-order valence-corrected chi connectivity index (χ4v) is 5.21. The number of sulfonamides is 1. The van der Waals surface area contributed by atoms with Crippen LogP contribution in [0.5, 0.6) is 11.6 Å². The van der Waals surface area contributed by atoms with Crippen LogP contribution in [-0.2, 0) is 10.0 Å². The molecule has 0 fully saturated rings. The van der Waals surface area contributed by atoms with Gasteiger partial charge in [-0.25, -0.2) is 18.0 Å². The smallest absolute Gasteiger partial charge is 0.265 e. The second kappa shape index (κ2) is 10.3. The standard InChI is InChI=1S/C28H22N4O6S/c1-38-24-13-5-4-12-23(24)31-39(36,37)19-9-6-8-18(16-19)32-27(34)21-11-3-2-10-20(21)22(28(32)35)17-29-25-14-7-15-26(33)30-25/h2-17,31,35H,1H3,(H,30,33)/b29-17+. The van der Waals surface area contributed by atoms with Gasteiger partial charge in [-0.2, -0.15) is 0 Å². The lowest BCUT2D eigenvalue weighted by Crippen LogP contribution is -2.21. The van der Waals surface area contributed by atoms with Gasteiger partial charge in [-0.05, 0) is 42.5 Å². The van der Waals surface area contributed by atoms with Crippen molar-refractivity contribution >= 4 is 38.5 Å². The molecule has 0 radical (unpaired) electrons. The number of methoxy groups -OCH3 is 1. The van der Waals surface area contributed by atoms with Gasteiger partial charge in [0.2, 0.25) is 11.4 Å². The third-order valence-electron chi connectivity index (χ3n) is 5.93. The highest BCUT2D eigenvalue weighted by Gasteiger charge is 2.20. The molecule has 196 valence electrons. The molecule has 3 aromatic carbocycles. The maximum Gasteiger partial charge on any atom is 0.265 e. The minimum Gasteiger partial charge on any atom is -0.495 e. The molecule has 0 saturated heterocycles. The van der Waals surface area contributed by atoms with E-state index in [9.17, 15) is 23.1 Å². The van der Waals surface area contributed by atoms with Gasteiger partial charge in [0.05, 0.1) is 28.9 Å². The van der Waals surface area contributed by atoms with E-state index in [4.69, 9.17) is 4.74 Å². The fourth-order valence-electron chi connectivity index (χ4n) is 4.10. The summed E-state index contributed by atoms with van der Waals surface area (Å²) in [5, 5.41) is 12.0. The number of nitrogens with one attached hydrogen (secondary N) is 2. The van der Waals surface area contributed by atoms with Crippen LogP contribution in [0.3, 0.4) is 0 Å². The average Bonchev–Trinajstić information content (AvgIpc) is 2.93. The Bertz CT molecular complexity index is 1960. The molecule has 5 rings (SSSR count). The van der Waals surface area contributed by atoms with Gasteiger partial charge < -0.3 is 14.8 Å². The topological polar surface area (TPSA) is 143 Å². The van der Waals surface area contributed by atoms with Crippen molar-refractivity contribution in [3.05, 3.63) is 117 Å². The first kappa shape index (κ1) is 25.5. The molecule has 0 spiro atoms. The van der Waals surface area contributed by atoms with Crippen molar-refractivity contribution in [2.75, 3.05) is 11.8 Å². The SMILES string of the molecule is COc1ccccc1NS(=O)(=O)c1cccc(-n2c(O)c(/C=N/c3cccc(=O)[nH]3)c3ccccc3c2=O)c1. The Morgan fingerprint density at radius 3 is 2.41 bits per heavy atom. The molecule has 10 nitrogen and oxygen atoms in total. The number of para-hydroxylation sites is 2. The van der Waals surface area contributed by atoms with E-state index >= 15 is 0 Å². The Kier molecular flexibility index (Phi) is 6.73. The summed E-state index contributed by atoms with van der Waals surface area (Å²) in [6.45, 7) is 0. The van der Waals surface area contributed by atoms with E-state index in [1.807, 2.05) is 0 Å². The molecule has 0 atom stereocenters. The van der Waals surface area contributed by atoms with Crippen LogP contribution in [0.2, 0.25) is 0 Å². The minimum absolute atomic E-state index is 0.119. The fraction of sp³-hybridized carbons (Fsp3) is 0.0357. The number of benzene rings is 3. The monoisotopic (exact) mass is 542 g/mol. The Hall–Kier alpha value is -5.16. The second-order valence-corrected chi connectivity index (χ2v) is 10.1. The molecule has 0 aliphatic heterocycles. The predicted octanol–water partition coefficient (Wildman–Crippen LogP) is 3.94. The number of rotatable bonds is 7. The predicted molar refractivity (Wildman–Crippen MR) is 149 cm³/mol. The van der Waals surface area contributed by atoms with Crippen molar-refractivity contribution in [1.82, 2.24) is 9.55 Å². The second-order valence-electron chi connectivity index (χ2n) is 8.39. The first-order valence-corrected chi connectivity index (χ1v) is 13.1. The van der Waals surface area contributed by atoms with Gasteiger partial charge in [-0.15, -0.1) is 0 Å². The number of fused-ring (bicyclic) bond motifs is 1. The summed E-state index contributed by atoms with van der Waals surface area (Å²) in [6, 6.07) is 23.3. The number of hydrogen-bond acceptors (Lipinski definition) is 7. The Labute approximate surface area is 222 Å². The lowest BCUT2D eigenvalue weighted by molar-refractivity contribution is 0.417. The van der Waals surface area contributed by atoms with E-state index < -0.39 is 21.5 Å². The maximum atomic E-state index is 13.5. The van der Waals surface area contributed by atoms with Crippen LogP contribution >= 0.6 is 0 Å². The van der Waals surface area contributed by atoms with Crippen molar-refractivity contribution in [3.63, 3.8) is 0 Å². The summed E-state index contributed by atoms with van der Waals surface area (Å²) in [6.07, 6.45) is 1.34. The summed E-state index contributed by atoms with van der Waals surface area (Å²) in [5.41, 5.74) is -0.332. The normalized spacial score (nSPS) is 11.6. The number of anilines is 1. The number of nitrogens with zero attached hydrogens (tertiary/aromatic N) is 2. The van der Waals surface area contributed by atoms with Gasteiger partial charge in [-0.1, -0.05) is 42.5 Å². The van der Waals surface area contributed by atoms with E-state index in [0.29, 0.717) is 11.1 Å². The summed E-state index contributed by atoms with van der Waals surface area (Å²) in [7, 11) is -2.66. The van der Waals surface area contributed by atoms with Gasteiger partial charge >= 0.3 is 0 Å². The van der Waals surface area contributed by atoms with Gasteiger partial charge in [0.25, 0.3) is 15.6 Å². The number of aromatic nitrogens is 2. The van der Waals surface area contributed by atoms with E-state index in [0.717, 1.165) is 4.57 Å². The molecule has 3 N–H and O–H groups in total. The molecule has 0 saturated carbocycles. The third-order valence-corrected chi connectivity index (χ3v) is 7.29. The van der Waals surface area contributed by atoms with E-state index in [-0.39, 0.29) is 38.6 Å². The largest absolute Gasteiger partial charge is 0.495 e.